The normalized spacial score (nSPS) is 22.2. The summed E-state index contributed by atoms with van der Waals surface area (Å²) in [5, 5.41) is 2.81. The van der Waals surface area contributed by atoms with Crippen LogP contribution in [0.5, 0.6) is 0 Å². The number of carbonyl (C=O) groups is 2. The molecule has 100 valence electrons. The molecule has 0 bridgehead atoms. The van der Waals surface area contributed by atoms with Crippen molar-refractivity contribution in [3.8, 4) is 0 Å². The zero-order chi connectivity index (χ0) is 13.4. The Labute approximate surface area is 117 Å². The molecular weight excluding hydrogens is 262 g/mol. The van der Waals surface area contributed by atoms with Gasteiger partial charge in [0.2, 0.25) is 0 Å². The lowest BCUT2D eigenvalue weighted by molar-refractivity contribution is 0.0617. The summed E-state index contributed by atoms with van der Waals surface area (Å²) >= 11 is 4.21. The molecule has 2 aliphatic heterocycles. The van der Waals surface area contributed by atoms with Gasteiger partial charge in [0.05, 0.1) is 6.04 Å². The lowest BCUT2D eigenvalue weighted by Gasteiger charge is -2.36. The smallest absolute Gasteiger partial charge is 0.317 e. The highest BCUT2D eigenvalue weighted by molar-refractivity contribution is 7.80. The molecule has 0 aliphatic carbocycles. The number of fused-ring (bicyclic) bond motifs is 1. The fourth-order valence-electron chi connectivity index (χ4n) is 2.58. The molecule has 1 unspecified atom stereocenters. The van der Waals surface area contributed by atoms with Crippen LogP contribution < -0.4 is 5.32 Å². The van der Waals surface area contributed by atoms with E-state index in [0.717, 1.165) is 4.90 Å². The van der Waals surface area contributed by atoms with Gasteiger partial charge < -0.3 is 15.1 Å². The molecule has 1 aromatic carbocycles. The van der Waals surface area contributed by atoms with Gasteiger partial charge >= 0.3 is 6.03 Å². The minimum atomic E-state index is -0.0171. The topological polar surface area (TPSA) is 52.7 Å². The first kappa shape index (κ1) is 12.3. The predicted octanol–water partition coefficient (Wildman–Crippen LogP) is 0.825. The number of rotatable bonds is 1. The third kappa shape index (κ3) is 2.28. The van der Waals surface area contributed by atoms with E-state index in [1.54, 1.807) is 17.0 Å². The number of benzene rings is 1. The average Bonchev–Trinajstić information content (AvgIpc) is 2.80. The summed E-state index contributed by atoms with van der Waals surface area (Å²) in [4.78, 5) is 28.3. The van der Waals surface area contributed by atoms with Crippen molar-refractivity contribution < 1.29 is 9.59 Å². The second-order valence-electron chi connectivity index (χ2n) is 4.83. The monoisotopic (exact) mass is 277 g/mol. The Balaban J connectivity index is 1.72. The fourth-order valence-corrected chi connectivity index (χ4v) is 2.72. The Morgan fingerprint density at radius 1 is 1.26 bits per heavy atom. The van der Waals surface area contributed by atoms with Gasteiger partial charge in [0.1, 0.15) is 0 Å². The predicted molar refractivity (Wildman–Crippen MR) is 73.5 cm³/mol. The van der Waals surface area contributed by atoms with Crippen LogP contribution in [0, 0.1) is 0 Å². The minimum absolute atomic E-state index is 0.0171. The van der Waals surface area contributed by atoms with Gasteiger partial charge in [-0.2, -0.15) is 0 Å². The highest BCUT2D eigenvalue weighted by atomic mass is 32.1. The van der Waals surface area contributed by atoms with Crippen LogP contribution in [0.1, 0.15) is 10.4 Å². The number of hydrogen-bond donors (Lipinski definition) is 2. The highest BCUT2D eigenvalue weighted by Gasteiger charge is 2.36. The van der Waals surface area contributed by atoms with Crippen molar-refractivity contribution in [3.05, 3.63) is 29.8 Å². The first-order chi connectivity index (χ1) is 9.15. The van der Waals surface area contributed by atoms with E-state index in [0.29, 0.717) is 31.7 Å². The fraction of sp³-hybridized carbons (Fsp3) is 0.385. The molecule has 0 saturated carbocycles. The zero-order valence-corrected chi connectivity index (χ0v) is 11.3. The van der Waals surface area contributed by atoms with Crippen molar-refractivity contribution in [2.24, 2.45) is 0 Å². The van der Waals surface area contributed by atoms with Gasteiger partial charge in [-0.1, -0.05) is 0 Å². The minimum Gasteiger partial charge on any atom is -0.336 e. The number of urea groups is 1. The average molecular weight is 277 g/mol. The third-order valence-corrected chi connectivity index (χ3v) is 3.93. The van der Waals surface area contributed by atoms with E-state index < -0.39 is 0 Å². The summed E-state index contributed by atoms with van der Waals surface area (Å²) in [6.45, 7) is 2.41. The van der Waals surface area contributed by atoms with Crippen molar-refractivity contribution >= 4 is 24.6 Å². The van der Waals surface area contributed by atoms with Crippen LogP contribution in [-0.2, 0) is 0 Å². The Morgan fingerprint density at radius 2 is 2.00 bits per heavy atom. The van der Waals surface area contributed by atoms with Gasteiger partial charge in [-0.15, -0.1) is 12.6 Å². The Hall–Kier alpha value is -1.69. The zero-order valence-electron chi connectivity index (χ0n) is 10.4. The van der Waals surface area contributed by atoms with E-state index in [9.17, 15) is 9.59 Å². The second kappa shape index (κ2) is 4.77. The van der Waals surface area contributed by atoms with E-state index in [1.807, 2.05) is 17.0 Å². The first-order valence-electron chi connectivity index (χ1n) is 6.28. The Kier molecular flexibility index (Phi) is 3.10. The molecule has 2 aliphatic rings. The summed E-state index contributed by atoms with van der Waals surface area (Å²) in [6, 6.07) is 7.29. The van der Waals surface area contributed by atoms with Crippen molar-refractivity contribution in [1.29, 1.82) is 0 Å². The number of thiol groups is 1. The number of piperazine rings is 1. The molecule has 0 radical (unpaired) electrons. The molecule has 1 N–H and O–H groups in total. The Bertz CT molecular complexity index is 517. The maximum Gasteiger partial charge on any atom is 0.317 e. The van der Waals surface area contributed by atoms with Gasteiger partial charge in [0, 0.05) is 36.6 Å². The van der Waals surface area contributed by atoms with E-state index in [4.69, 9.17) is 0 Å². The summed E-state index contributed by atoms with van der Waals surface area (Å²) in [6.07, 6.45) is 0. The van der Waals surface area contributed by atoms with Gasteiger partial charge in [0.15, 0.2) is 0 Å². The third-order valence-electron chi connectivity index (χ3n) is 3.63. The van der Waals surface area contributed by atoms with Gasteiger partial charge in [-0.05, 0) is 24.3 Å². The maximum absolute atomic E-state index is 12.4. The van der Waals surface area contributed by atoms with E-state index in [2.05, 4.69) is 17.9 Å². The summed E-state index contributed by atoms with van der Waals surface area (Å²) in [5.41, 5.74) is 0.670. The molecule has 2 heterocycles. The summed E-state index contributed by atoms with van der Waals surface area (Å²) in [7, 11) is 0. The molecule has 1 aromatic rings. The molecule has 0 spiro atoms. The first-order valence-corrected chi connectivity index (χ1v) is 6.72. The molecule has 3 amide bonds. The van der Waals surface area contributed by atoms with Gasteiger partial charge in [-0.25, -0.2) is 4.79 Å². The molecule has 6 heteroatoms. The van der Waals surface area contributed by atoms with Crippen LogP contribution in [0.2, 0.25) is 0 Å². The summed E-state index contributed by atoms with van der Waals surface area (Å²) in [5.74, 6) is 0.0207. The van der Waals surface area contributed by atoms with Crippen LogP contribution >= 0.6 is 12.6 Å². The molecule has 3 rings (SSSR count). The standard InChI is InChI=1S/C13H15N3O2S/c17-12(9-1-3-11(19)4-2-9)15-5-6-16-10(8-15)7-14-13(16)18/h1-4,10,19H,5-8H2,(H,14,18). The van der Waals surface area contributed by atoms with Crippen LogP contribution in [0.4, 0.5) is 4.79 Å². The quantitative estimate of drug-likeness (QED) is 0.747. The van der Waals surface area contributed by atoms with Gasteiger partial charge in [-0.3, -0.25) is 4.79 Å². The number of amides is 3. The summed E-state index contributed by atoms with van der Waals surface area (Å²) < 4.78 is 0. The van der Waals surface area contributed by atoms with Crippen LogP contribution in [0.15, 0.2) is 29.2 Å². The number of carbonyl (C=O) groups excluding carboxylic acids is 2. The van der Waals surface area contributed by atoms with E-state index in [1.165, 1.54) is 0 Å². The van der Waals surface area contributed by atoms with Gasteiger partial charge in [0.25, 0.3) is 5.91 Å². The number of nitrogens with zero attached hydrogens (tertiary/aromatic N) is 2. The van der Waals surface area contributed by atoms with Crippen molar-refractivity contribution in [2.75, 3.05) is 26.2 Å². The molecule has 1 atom stereocenters. The van der Waals surface area contributed by atoms with Crippen LogP contribution in [0.3, 0.4) is 0 Å². The molecule has 2 saturated heterocycles. The molecule has 0 aromatic heterocycles. The largest absolute Gasteiger partial charge is 0.336 e. The van der Waals surface area contributed by atoms with Crippen LogP contribution in [0.25, 0.3) is 0 Å². The van der Waals surface area contributed by atoms with Crippen molar-refractivity contribution in [3.63, 3.8) is 0 Å². The van der Waals surface area contributed by atoms with E-state index >= 15 is 0 Å². The highest BCUT2D eigenvalue weighted by Crippen LogP contribution is 2.17. The molecule has 2 fully saturated rings. The SMILES string of the molecule is O=C(c1ccc(S)cc1)N1CCN2C(=O)NCC2C1. The molecular formula is C13H15N3O2S. The van der Waals surface area contributed by atoms with Crippen LogP contribution in [-0.4, -0.2) is 54.0 Å². The van der Waals surface area contributed by atoms with Crippen molar-refractivity contribution in [1.82, 2.24) is 15.1 Å². The molecule has 5 nitrogen and oxygen atoms in total. The Morgan fingerprint density at radius 3 is 2.74 bits per heavy atom. The lowest BCUT2D eigenvalue weighted by atomic mass is 10.1. The molecule has 19 heavy (non-hydrogen) atoms. The number of nitrogens with one attached hydrogen (secondary N) is 1. The maximum atomic E-state index is 12.4. The van der Waals surface area contributed by atoms with E-state index in [-0.39, 0.29) is 18.0 Å². The lowest BCUT2D eigenvalue weighted by Crippen LogP contribution is -2.53. The number of hydrogen-bond acceptors (Lipinski definition) is 3. The second-order valence-corrected chi connectivity index (χ2v) is 5.35. The van der Waals surface area contributed by atoms with Crippen molar-refractivity contribution in [2.45, 2.75) is 10.9 Å².